The first-order chi connectivity index (χ1) is 16.6. The normalized spacial score (nSPS) is 21.3. The Morgan fingerprint density at radius 3 is 2.65 bits per heavy atom. The Balaban J connectivity index is 0.00000133. The van der Waals surface area contributed by atoms with Crippen molar-refractivity contribution in [1.82, 2.24) is 15.2 Å². The fraction of sp³-hybridized carbons (Fsp3) is 0.552. The molecule has 2 fully saturated rings. The van der Waals surface area contributed by atoms with Crippen molar-refractivity contribution in [3.63, 3.8) is 0 Å². The van der Waals surface area contributed by atoms with Crippen molar-refractivity contribution < 1.29 is 4.39 Å². The van der Waals surface area contributed by atoms with Crippen LogP contribution in [0.1, 0.15) is 81.8 Å². The van der Waals surface area contributed by atoms with Gasteiger partial charge in [-0.05, 0) is 86.4 Å². The van der Waals surface area contributed by atoms with Crippen molar-refractivity contribution in [2.24, 2.45) is 5.92 Å². The summed E-state index contributed by atoms with van der Waals surface area (Å²) in [5, 5.41) is 7.22. The predicted octanol–water partition coefficient (Wildman–Crippen LogP) is 6.34. The van der Waals surface area contributed by atoms with Crippen molar-refractivity contribution in [3.8, 4) is 0 Å². The van der Waals surface area contributed by atoms with Crippen LogP contribution in [0.25, 0.3) is 5.70 Å². The van der Waals surface area contributed by atoms with Gasteiger partial charge in [-0.25, -0.2) is 4.39 Å². The largest absolute Gasteiger partial charge is 0.374 e. The molecule has 1 aliphatic carbocycles. The lowest BCUT2D eigenvalue weighted by molar-refractivity contribution is 0.467. The molecule has 184 valence electrons. The minimum Gasteiger partial charge on any atom is -0.374 e. The molecule has 1 saturated heterocycles. The van der Waals surface area contributed by atoms with E-state index in [1.54, 1.807) is 6.07 Å². The summed E-state index contributed by atoms with van der Waals surface area (Å²) in [6, 6.07) is 8.90. The maximum atomic E-state index is 14.7. The first kappa shape index (κ1) is 24.7. The third-order valence-corrected chi connectivity index (χ3v) is 7.07. The molecule has 2 N–H and O–H groups in total. The highest BCUT2D eigenvalue weighted by Crippen LogP contribution is 2.40. The molecule has 5 heteroatoms. The Labute approximate surface area is 205 Å². The van der Waals surface area contributed by atoms with Gasteiger partial charge in [0.25, 0.3) is 0 Å². The molecule has 0 amide bonds. The summed E-state index contributed by atoms with van der Waals surface area (Å²) in [6.07, 6.45) is 11.0. The molecule has 5 rings (SSSR count). The fourth-order valence-electron chi connectivity index (χ4n) is 4.92. The summed E-state index contributed by atoms with van der Waals surface area (Å²) in [4.78, 5) is 7.18. The molecule has 4 nitrogen and oxygen atoms in total. The van der Waals surface area contributed by atoms with E-state index in [9.17, 15) is 4.39 Å². The molecule has 3 heterocycles. The predicted molar refractivity (Wildman–Crippen MR) is 140 cm³/mol. The lowest BCUT2D eigenvalue weighted by Crippen LogP contribution is -2.25. The van der Waals surface area contributed by atoms with E-state index in [-0.39, 0.29) is 11.9 Å². The van der Waals surface area contributed by atoms with Crippen LogP contribution in [0.3, 0.4) is 0 Å². The average molecular weight is 465 g/mol. The molecule has 0 spiro atoms. The van der Waals surface area contributed by atoms with Gasteiger partial charge in [-0.2, -0.15) is 0 Å². The number of anilines is 1. The third-order valence-electron chi connectivity index (χ3n) is 7.07. The van der Waals surface area contributed by atoms with Crippen LogP contribution in [0.15, 0.2) is 36.5 Å². The average Bonchev–Trinajstić information content (AvgIpc) is 3.60. The number of aromatic nitrogens is 1. The SMILES string of the molecule is CC.CCc1cc2c(cc1F)C(N1CCC(C)C1)=CC(c1ccc(CCCNC3CC3)nc1)N2. The second-order valence-electron chi connectivity index (χ2n) is 9.77. The molecule has 2 unspecified atom stereocenters. The Bertz CT molecular complexity index is 980. The molecule has 0 bridgehead atoms. The number of nitrogens with one attached hydrogen (secondary N) is 2. The van der Waals surface area contributed by atoms with Crippen LogP contribution in [-0.2, 0) is 12.8 Å². The standard InChI is InChI=1S/C27H35FN4.C2H6/c1-3-19-13-26-23(14-24(19)28)27(32-12-10-18(2)17-32)15-25(31-26)20-6-7-21(30-16-20)5-4-11-29-22-8-9-22;1-2/h6-7,13-16,18,22,25,29,31H,3-5,8-12,17H2,1-2H3;1-2H3. The van der Waals surface area contributed by atoms with Gasteiger partial charge < -0.3 is 15.5 Å². The van der Waals surface area contributed by atoms with Crippen molar-refractivity contribution >= 4 is 11.4 Å². The van der Waals surface area contributed by atoms with E-state index in [4.69, 9.17) is 4.98 Å². The first-order valence-corrected chi connectivity index (χ1v) is 13.3. The van der Waals surface area contributed by atoms with E-state index in [2.05, 4.69) is 40.7 Å². The maximum Gasteiger partial charge on any atom is 0.127 e. The number of halogens is 1. The summed E-state index contributed by atoms with van der Waals surface area (Å²) in [5.41, 5.74) is 6.24. The van der Waals surface area contributed by atoms with Crippen molar-refractivity contribution in [3.05, 3.63) is 64.7 Å². The van der Waals surface area contributed by atoms with Crippen molar-refractivity contribution in [2.45, 2.75) is 78.3 Å². The summed E-state index contributed by atoms with van der Waals surface area (Å²) >= 11 is 0. The minimum atomic E-state index is -0.105. The van der Waals surface area contributed by atoms with E-state index >= 15 is 0 Å². The number of nitrogens with zero attached hydrogens (tertiary/aromatic N) is 2. The number of fused-ring (bicyclic) bond motifs is 1. The first-order valence-electron chi connectivity index (χ1n) is 13.3. The van der Waals surface area contributed by atoms with Gasteiger partial charge >= 0.3 is 0 Å². The van der Waals surface area contributed by atoms with Crippen molar-refractivity contribution in [2.75, 3.05) is 25.0 Å². The van der Waals surface area contributed by atoms with Gasteiger partial charge in [0.2, 0.25) is 0 Å². The van der Waals surface area contributed by atoms with Crippen molar-refractivity contribution in [1.29, 1.82) is 0 Å². The second-order valence-corrected chi connectivity index (χ2v) is 9.77. The molecular formula is C29H41FN4. The molecule has 2 aliphatic heterocycles. The number of pyridine rings is 1. The summed E-state index contributed by atoms with van der Waals surface area (Å²) in [6.45, 7) is 11.4. The molecule has 34 heavy (non-hydrogen) atoms. The Morgan fingerprint density at radius 2 is 2.00 bits per heavy atom. The van der Waals surface area contributed by atoms with Crippen LogP contribution >= 0.6 is 0 Å². The van der Waals surface area contributed by atoms with E-state index in [1.807, 2.05) is 33.0 Å². The minimum absolute atomic E-state index is 0.0432. The number of likely N-dealkylation sites (tertiary alicyclic amines) is 1. The van der Waals surface area contributed by atoms with E-state index < -0.39 is 0 Å². The lowest BCUT2D eigenvalue weighted by atomic mass is 9.95. The zero-order chi connectivity index (χ0) is 24.1. The van der Waals surface area contributed by atoms with Crippen LogP contribution in [0.2, 0.25) is 0 Å². The van der Waals surface area contributed by atoms with E-state index in [1.165, 1.54) is 19.3 Å². The smallest absolute Gasteiger partial charge is 0.127 e. The topological polar surface area (TPSA) is 40.2 Å². The Kier molecular flexibility index (Phi) is 8.25. The number of benzene rings is 1. The lowest BCUT2D eigenvalue weighted by Gasteiger charge is -2.32. The zero-order valence-corrected chi connectivity index (χ0v) is 21.3. The highest BCUT2D eigenvalue weighted by molar-refractivity contribution is 5.80. The van der Waals surface area contributed by atoms with E-state index in [0.29, 0.717) is 12.3 Å². The van der Waals surface area contributed by atoms with Gasteiger partial charge in [0.15, 0.2) is 0 Å². The molecule has 1 aromatic heterocycles. The van der Waals surface area contributed by atoms with Gasteiger partial charge in [0.05, 0.1) is 6.04 Å². The van der Waals surface area contributed by atoms with Crippen LogP contribution in [-0.4, -0.2) is 35.6 Å². The third kappa shape index (κ3) is 5.80. The second kappa shape index (κ2) is 11.4. The Morgan fingerprint density at radius 1 is 1.18 bits per heavy atom. The number of aryl methyl sites for hydroxylation is 2. The molecule has 2 atom stereocenters. The number of hydrogen-bond donors (Lipinski definition) is 2. The van der Waals surface area contributed by atoms with Crippen LogP contribution in [0, 0.1) is 11.7 Å². The van der Waals surface area contributed by atoms with Gasteiger partial charge in [-0.3, -0.25) is 4.98 Å². The van der Waals surface area contributed by atoms with Crippen LogP contribution in [0.5, 0.6) is 0 Å². The molecule has 1 aromatic carbocycles. The fourth-order valence-corrected chi connectivity index (χ4v) is 4.92. The summed E-state index contributed by atoms with van der Waals surface area (Å²) in [7, 11) is 0. The van der Waals surface area contributed by atoms with Crippen LogP contribution < -0.4 is 10.6 Å². The molecule has 2 aromatic rings. The van der Waals surface area contributed by atoms with Gasteiger partial charge in [-0.15, -0.1) is 0 Å². The molecule has 3 aliphatic rings. The highest BCUT2D eigenvalue weighted by Gasteiger charge is 2.29. The molecule has 1 saturated carbocycles. The molecular weight excluding hydrogens is 423 g/mol. The van der Waals surface area contributed by atoms with Crippen LogP contribution in [0.4, 0.5) is 10.1 Å². The molecule has 0 radical (unpaired) electrons. The zero-order valence-electron chi connectivity index (χ0n) is 21.3. The maximum absolute atomic E-state index is 14.7. The van der Waals surface area contributed by atoms with Gasteiger partial charge in [-0.1, -0.05) is 33.8 Å². The Hall–Kier alpha value is -2.40. The van der Waals surface area contributed by atoms with Gasteiger partial charge in [0, 0.05) is 48.0 Å². The number of rotatable bonds is 8. The number of hydrogen-bond acceptors (Lipinski definition) is 4. The van der Waals surface area contributed by atoms with Gasteiger partial charge in [0.1, 0.15) is 5.82 Å². The summed E-state index contributed by atoms with van der Waals surface area (Å²) in [5.74, 6) is 0.564. The monoisotopic (exact) mass is 464 g/mol. The highest BCUT2D eigenvalue weighted by atomic mass is 19.1. The quantitative estimate of drug-likeness (QED) is 0.447. The van der Waals surface area contributed by atoms with E-state index in [0.717, 1.165) is 72.3 Å². The summed E-state index contributed by atoms with van der Waals surface area (Å²) < 4.78 is 14.7.